The minimum atomic E-state index is 0.451. The Morgan fingerprint density at radius 2 is 0.655 bits per heavy atom. The minimum absolute atomic E-state index is 0.451. The zero-order valence-electron chi connectivity index (χ0n) is 33.0. The predicted molar refractivity (Wildman–Crippen MR) is 245 cm³/mol. The van der Waals surface area contributed by atoms with Crippen molar-refractivity contribution in [1.29, 1.82) is 0 Å². The molecule has 2 aromatic heterocycles. The fraction of sp³-hybridized carbons (Fsp3) is 0.115. The highest BCUT2D eigenvalue weighted by atomic mass is 16.3. The standard InChI is InChI=1S/C52H44N4O2/c1-31(2)33-5-13-39(14-6-33)55(41-17-9-37(53)10-18-41)43-21-23-45-47-25-35-26-48-46-24-22-44(30-52(46)58-50(48)28-36(35)27-49(47)57-51(45)29-43)56(42-19-11-38(54)12-20-42)40-15-7-34(8-16-40)32(3)4/h5-32H,53-54H2,1-4H3. The van der Waals surface area contributed by atoms with Gasteiger partial charge in [-0.1, -0.05) is 52.0 Å². The predicted octanol–water partition coefficient (Wildman–Crippen LogP) is 15.0. The molecule has 0 bridgehead atoms. The summed E-state index contributed by atoms with van der Waals surface area (Å²) in [4.78, 5) is 4.49. The molecule has 0 aliphatic carbocycles. The Kier molecular flexibility index (Phi) is 8.38. The average Bonchev–Trinajstić information content (AvgIpc) is 3.77. The van der Waals surface area contributed by atoms with Crippen LogP contribution >= 0.6 is 0 Å². The third kappa shape index (κ3) is 6.14. The Morgan fingerprint density at radius 3 is 1.02 bits per heavy atom. The smallest absolute Gasteiger partial charge is 0.137 e. The molecule has 2 heterocycles. The molecule has 0 saturated heterocycles. The van der Waals surface area contributed by atoms with Gasteiger partial charge < -0.3 is 30.1 Å². The molecule has 4 N–H and O–H groups in total. The number of hydrogen-bond donors (Lipinski definition) is 2. The second-order valence-corrected chi connectivity index (χ2v) is 16.0. The van der Waals surface area contributed by atoms with Gasteiger partial charge in [-0.3, -0.25) is 0 Å². The van der Waals surface area contributed by atoms with Crippen LogP contribution in [0.4, 0.5) is 45.5 Å². The summed E-state index contributed by atoms with van der Waals surface area (Å²) in [6, 6.07) is 55.3. The van der Waals surface area contributed by atoms with Gasteiger partial charge in [-0.05, 0) is 155 Å². The van der Waals surface area contributed by atoms with E-state index in [0.29, 0.717) is 11.8 Å². The van der Waals surface area contributed by atoms with Crippen LogP contribution in [0, 0.1) is 0 Å². The van der Waals surface area contributed by atoms with Crippen molar-refractivity contribution in [2.45, 2.75) is 39.5 Å². The summed E-state index contributed by atoms with van der Waals surface area (Å²) in [7, 11) is 0. The van der Waals surface area contributed by atoms with Gasteiger partial charge in [-0.2, -0.15) is 0 Å². The first kappa shape index (κ1) is 35.2. The van der Waals surface area contributed by atoms with Gasteiger partial charge in [0.15, 0.2) is 0 Å². The number of nitrogens with two attached hydrogens (primary N) is 2. The number of nitrogen functional groups attached to an aromatic ring is 2. The molecule has 0 aliphatic rings. The van der Waals surface area contributed by atoms with E-state index in [1.807, 2.05) is 24.3 Å². The van der Waals surface area contributed by atoms with Crippen LogP contribution in [0.15, 0.2) is 167 Å². The summed E-state index contributed by atoms with van der Waals surface area (Å²) in [5.41, 5.74) is 25.8. The van der Waals surface area contributed by atoms with E-state index in [2.05, 4.69) is 171 Å². The van der Waals surface area contributed by atoms with Crippen molar-refractivity contribution in [1.82, 2.24) is 0 Å². The van der Waals surface area contributed by atoms with Crippen LogP contribution in [-0.4, -0.2) is 0 Å². The summed E-state index contributed by atoms with van der Waals surface area (Å²) in [6.45, 7) is 8.86. The molecular weight excluding hydrogens is 713 g/mol. The summed E-state index contributed by atoms with van der Waals surface area (Å²) in [5.74, 6) is 0.902. The van der Waals surface area contributed by atoms with E-state index in [9.17, 15) is 0 Å². The third-order valence-corrected chi connectivity index (χ3v) is 11.4. The Hall–Kier alpha value is -7.18. The number of rotatable bonds is 8. The molecule has 10 rings (SSSR count). The SMILES string of the molecule is CC(C)c1ccc(N(c2ccc(N)cc2)c2ccc3c(c2)oc2cc4cc5oc6cc(N(c7ccc(N)cc7)c7ccc(C(C)C)cc7)ccc6c5cc4cc23)cc1. The number of hydrogen-bond acceptors (Lipinski definition) is 6. The van der Waals surface area contributed by atoms with Crippen LogP contribution in [-0.2, 0) is 0 Å². The topological polar surface area (TPSA) is 84.8 Å². The molecule has 0 radical (unpaired) electrons. The lowest BCUT2D eigenvalue weighted by Gasteiger charge is -2.26. The molecule has 0 spiro atoms. The van der Waals surface area contributed by atoms with Crippen LogP contribution in [0.1, 0.15) is 50.7 Å². The first-order valence-electron chi connectivity index (χ1n) is 19.9. The summed E-state index contributed by atoms with van der Waals surface area (Å²) < 4.78 is 13.3. The average molecular weight is 757 g/mol. The lowest BCUT2D eigenvalue weighted by Crippen LogP contribution is -2.10. The highest BCUT2D eigenvalue weighted by Crippen LogP contribution is 2.43. The Labute approximate surface area is 337 Å². The lowest BCUT2D eigenvalue weighted by atomic mass is 10.0. The van der Waals surface area contributed by atoms with Gasteiger partial charge >= 0.3 is 0 Å². The first-order valence-corrected chi connectivity index (χ1v) is 19.9. The number of anilines is 8. The van der Waals surface area contributed by atoms with E-state index in [1.165, 1.54) is 11.1 Å². The van der Waals surface area contributed by atoms with Crippen molar-refractivity contribution < 1.29 is 8.83 Å². The number of nitrogens with zero attached hydrogens (tertiary/aromatic N) is 2. The van der Waals surface area contributed by atoms with Crippen LogP contribution in [0.25, 0.3) is 54.6 Å². The highest BCUT2D eigenvalue weighted by Gasteiger charge is 2.19. The van der Waals surface area contributed by atoms with Crippen molar-refractivity contribution >= 4 is 100 Å². The molecule has 0 fully saturated rings. The highest BCUT2D eigenvalue weighted by molar-refractivity contribution is 6.15. The van der Waals surface area contributed by atoms with E-state index in [0.717, 1.165) is 100 Å². The van der Waals surface area contributed by atoms with Gasteiger partial charge in [0.05, 0.1) is 0 Å². The normalized spacial score (nSPS) is 11.9. The Morgan fingerprint density at radius 1 is 0.345 bits per heavy atom. The van der Waals surface area contributed by atoms with Gasteiger partial charge in [0.25, 0.3) is 0 Å². The van der Waals surface area contributed by atoms with Gasteiger partial charge in [0.2, 0.25) is 0 Å². The molecular formula is C52H44N4O2. The zero-order chi connectivity index (χ0) is 39.7. The summed E-state index contributed by atoms with van der Waals surface area (Å²) in [6.07, 6.45) is 0. The number of benzene rings is 8. The summed E-state index contributed by atoms with van der Waals surface area (Å²) in [5, 5.41) is 6.47. The monoisotopic (exact) mass is 756 g/mol. The molecule has 58 heavy (non-hydrogen) atoms. The maximum Gasteiger partial charge on any atom is 0.137 e. The van der Waals surface area contributed by atoms with Crippen molar-refractivity contribution in [3.8, 4) is 0 Å². The van der Waals surface area contributed by atoms with Gasteiger partial charge in [0.1, 0.15) is 22.3 Å². The molecule has 284 valence electrons. The molecule has 8 aromatic carbocycles. The maximum absolute atomic E-state index is 6.63. The van der Waals surface area contributed by atoms with E-state index in [-0.39, 0.29) is 0 Å². The molecule has 0 amide bonds. The molecule has 6 nitrogen and oxygen atoms in total. The second kappa shape index (κ2) is 13.8. The molecule has 0 atom stereocenters. The van der Waals surface area contributed by atoms with Gasteiger partial charge in [0, 0.05) is 79.2 Å². The molecule has 6 heteroatoms. The van der Waals surface area contributed by atoms with Crippen LogP contribution in [0.3, 0.4) is 0 Å². The number of fused-ring (bicyclic) bond motifs is 7. The second-order valence-electron chi connectivity index (χ2n) is 16.0. The fourth-order valence-corrected chi connectivity index (χ4v) is 8.21. The van der Waals surface area contributed by atoms with Crippen LogP contribution in [0.2, 0.25) is 0 Å². The maximum atomic E-state index is 6.63. The van der Waals surface area contributed by atoms with Crippen molar-refractivity contribution in [2.24, 2.45) is 0 Å². The quantitative estimate of drug-likeness (QED) is 0.150. The van der Waals surface area contributed by atoms with E-state index in [1.54, 1.807) is 0 Å². The van der Waals surface area contributed by atoms with E-state index < -0.39 is 0 Å². The third-order valence-electron chi connectivity index (χ3n) is 11.4. The number of furan rings is 2. The van der Waals surface area contributed by atoms with E-state index in [4.69, 9.17) is 20.3 Å². The van der Waals surface area contributed by atoms with Crippen molar-refractivity contribution in [2.75, 3.05) is 21.3 Å². The molecule has 0 unspecified atom stereocenters. The Bertz CT molecular complexity index is 2910. The van der Waals surface area contributed by atoms with Crippen molar-refractivity contribution in [3.63, 3.8) is 0 Å². The first-order chi connectivity index (χ1) is 28.2. The van der Waals surface area contributed by atoms with E-state index >= 15 is 0 Å². The fourth-order valence-electron chi connectivity index (χ4n) is 8.21. The van der Waals surface area contributed by atoms with Gasteiger partial charge in [-0.15, -0.1) is 0 Å². The Balaban J connectivity index is 1.05. The lowest BCUT2D eigenvalue weighted by molar-refractivity contribution is 0.668. The molecule has 0 aliphatic heterocycles. The van der Waals surface area contributed by atoms with Crippen LogP contribution < -0.4 is 21.3 Å². The minimum Gasteiger partial charge on any atom is -0.456 e. The molecule has 10 aromatic rings. The van der Waals surface area contributed by atoms with Gasteiger partial charge in [-0.25, -0.2) is 0 Å². The zero-order valence-corrected chi connectivity index (χ0v) is 33.0. The van der Waals surface area contributed by atoms with Crippen LogP contribution in [0.5, 0.6) is 0 Å². The van der Waals surface area contributed by atoms with Crippen molar-refractivity contribution in [3.05, 3.63) is 169 Å². The summed E-state index contributed by atoms with van der Waals surface area (Å²) >= 11 is 0. The molecule has 0 saturated carbocycles. The largest absolute Gasteiger partial charge is 0.456 e.